The number of carboxylic acid groups (broad SMARTS) is 1. The van der Waals surface area contributed by atoms with E-state index in [0.29, 0.717) is 30.9 Å². The maximum atomic E-state index is 11.4. The fraction of sp³-hybridized carbons (Fsp3) is 0.250. The Morgan fingerprint density at radius 2 is 1.95 bits per heavy atom. The maximum Gasteiger partial charge on any atom is 0.315 e. The third kappa shape index (κ3) is 2.25. The molecule has 3 rings (SSSR count). The van der Waals surface area contributed by atoms with E-state index in [9.17, 15) is 9.90 Å². The van der Waals surface area contributed by atoms with Gasteiger partial charge >= 0.3 is 5.97 Å². The molecule has 20 heavy (non-hydrogen) atoms. The van der Waals surface area contributed by atoms with Gasteiger partial charge in [0.2, 0.25) is 0 Å². The molecule has 1 aliphatic carbocycles. The molecular formula is C16H15NO3. The van der Waals surface area contributed by atoms with Crippen LogP contribution < -0.4 is 4.74 Å². The Kier molecular flexibility index (Phi) is 3.14. The predicted octanol–water partition coefficient (Wildman–Crippen LogP) is 2.78. The summed E-state index contributed by atoms with van der Waals surface area (Å²) in [5, 5.41) is 9.37. The molecule has 1 heterocycles. The lowest BCUT2D eigenvalue weighted by Crippen LogP contribution is -2.22. The minimum absolute atomic E-state index is 0.412. The molecule has 1 aliphatic rings. The van der Waals surface area contributed by atoms with Crippen molar-refractivity contribution >= 4 is 5.97 Å². The Morgan fingerprint density at radius 3 is 2.60 bits per heavy atom. The van der Waals surface area contributed by atoms with Gasteiger partial charge < -0.3 is 9.84 Å². The lowest BCUT2D eigenvalue weighted by Gasteiger charge is -2.15. The monoisotopic (exact) mass is 269 g/mol. The van der Waals surface area contributed by atoms with Gasteiger partial charge in [0.05, 0.1) is 5.69 Å². The van der Waals surface area contributed by atoms with Crippen LogP contribution in [0.15, 0.2) is 48.7 Å². The second-order valence-corrected chi connectivity index (χ2v) is 5.01. The summed E-state index contributed by atoms with van der Waals surface area (Å²) in [5.41, 5.74) is 0.749. The number of hydrogen-bond donors (Lipinski definition) is 1. The van der Waals surface area contributed by atoms with Gasteiger partial charge in [-0.15, -0.1) is 0 Å². The molecule has 1 saturated carbocycles. The van der Waals surface area contributed by atoms with E-state index in [-0.39, 0.29) is 0 Å². The number of rotatable bonds is 5. The molecule has 4 heteroatoms. The Labute approximate surface area is 117 Å². The second kappa shape index (κ2) is 4.96. The molecular weight excluding hydrogens is 254 g/mol. The summed E-state index contributed by atoms with van der Waals surface area (Å²) < 4.78 is 5.77. The third-order valence-corrected chi connectivity index (χ3v) is 3.62. The third-order valence-electron chi connectivity index (χ3n) is 3.62. The number of ether oxygens (including phenoxy) is 1. The smallest absolute Gasteiger partial charge is 0.315 e. The van der Waals surface area contributed by atoms with Crippen molar-refractivity contribution in [3.05, 3.63) is 59.9 Å². The maximum absolute atomic E-state index is 11.4. The Bertz CT molecular complexity index is 621. The number of pyridine rings is 1. The van der Waals surface area contributed by atoms with Crippen LogP contribution in [0, 0.1) is 0 Å². The van der Waals surface area contributed by atoms with E-state index in [1.165, 1.54) is 0 Å². The van der Waals surface area contributed by atoms with Gasteiger partial charge in [-0.3, -0.25) is 9.78 Å². The number of benzene rings is 1. The van der Waals surface area contributed by atoms with Crippen molar-refractivity contribution in [3.63, 3.8) is 0 Å². The molecule has 0 unspecified atom stereocenters. The van der Waals surface area contributed by atoms with Gasteiger partial charge in [0.1, 0.15) is 17.8 Å². The number of aromatic nitrogens is 1. The summed E-state index contributed by atoms with van der Waals surface area (Å²) in [4.78, 5) is 15.7. The van der Waals surface area contributed by atoms with Crippen LogP contribution >= 0.6 is 0 Å². The Balaban J connectivity index is 1.82. The van der Waals surface area contributed by atoms with Gasteiger partial charge in [-0.05, 0) is 30.5 Å². The molecule has 1 N–H and O–H groups in total. The van der Waals surface area contributed by atoms with Crippen LogP contribution in [0.1, 0.15) is 24.1 Å². The predicted molar refractivity (Wildman–Crippen MR) is 73.6 cm³/mol. The lowest BCUT2D eigenvalue weighted by molar-refractivity contribution is -0.140. The highest BCUT2D eigenvalue weighted by atomic mass is 16.5. The molecule has 0 aliphatic heterocycles. The van der Waals surface area contributed by atoms with E-state index < -0.39 is 11.4 Å². The molecule has 0 bridgehead atoms. The number of carboxylic acids is 1. The fourth-order valence-electron chi connectivity index (χ4n) is 2.28. The average molecular weight is 269 g/mol. The first-order valence-electron chi connectivity index (χ1n) is 6.58. The summed E-state index contributed by atoms with van der Waals surface area (Å²) in [6.07, 6.45) is 2.87. The number of hydrogen-bond acceptors (Lipinski definition) is 3. The first-order valence-corrected chi connectivity index (χ1v) is 6.58. The minimum atomic E-state index is -0.840. The summed E-state index contributed by atoms with van der Waals surface area (Å²) in [6.45, 7) is 0.412. The van der Waals surface area contributed by atoms with E-state index >= 15 is 0 Å². The molecule has 102 valence electrons. The first-order chi connectivity index (χ1) is 9.72. The van der Waals surface area contributed by atoms with Gasteiger partial charge in [-0.25, -0.2) is 0 Å². The average Bonchev–Trinajstić information content (AvgIpc) is 3.28. The summed E-state index contributed by atoms with van der Waals surface area (Å²) in [6, 6.07) is 13.3. The molecule has 0 saturated heterocycles. The normalized spacial score (nSPS) is 15.6. The topological polar surface area (TPSA) is 59.4 Å². The van der Waals surface area contributed by atoms with Crippen molar-refractivity contribution in [2.45, 2.75) is 24.9 Å². The zero-order valence-electron chi connectivity index (χ0n) is 11.0. The molecule has 1 aromatic heterocycles. The number of carbonyl (C=O) groups is 1. The van der Waals surface area contributed by atoms with Crippen molar-refractivity contribution in [2.24, 2.45) is 0 Å². The molecule has 0 spiro atoms. The van der Waals surface area contributed by atoms with Crippen LogP contribution in [-0.4, -0.2) is 16.1 Å². The van der Waals surface area contributed by atoms with Crippen LogP contribution in [0.3, 0.4) is 0 Å². The summed E-state index contributed by atoms with van der Waals surface area (Å²) >= 11 is 0. The largest absolute Gasteiger partial charge is 0.487 e. The van der Waals surface area contributed by atoms with E-state index in [2.05, 4.69) is 4.98 Å². The van der Waals surface area contributed by atoms with Crippen LogP contribution in [0.25, 0.3) is 0 Å². The zero-order chi connectivity index (χ0) is 14.0. The zero-order valence-corrected chi connectivity index (χ0v) is 11.0. The van der Waals surface area contributed by atoms with Gasteiger partial charge in [-0.2, -0.15) is 0 Å². The van der Waals surface area contributed by atoms with E-state index in [0.717, 1.165) is 5.56 Å². The SMILES string of the molecule is O=C(O)C1(c2ncccc2OCc2ccccc2)CC1. The van der Waals surface area contributed by atoms with Gasteiger partial charge in [-0.1, -0.05) is 30.3 Å². The van der Waals surface area contributed by atoms with Gasteiger partial charge in [0, 0.05) is 6.20 Å². The summed E-state index contributed by atoms with van der Waals surface area (Å²) in [5.74, 6) is -0.253. The fourth-order valence-corrected chi connectivity index (χ4v) is 2.28. The lowest BCUT2D eigenvalue weighted by atomic mass is 10.0. The van der Waals surface area contributed by atoms with Crippen molar-refractivity contribution in [1.82, 2.24) is 4.98 Å². The quantitative estimate of drug-likeness (QED) is 0.906. The standard InChI is InChI=1S/C16H15NO3/c18-15(19)16(8-9-16)14-13(7-4-10-17-14)20-11-12-5-2-1-3-6-12/h1-7,10H,8-9,11H2,(H,18,19). The highest BCUT2D eigenvalue weighted by Crippen LogP contribution is 2.50. The minimum Gasteiger partial charge on any atom is -0.487 e. The van der Waals surface area contributed by atoms with Crippen molar-refractivity contribution in [3.8, 4) is 5.75 Å². The Hall–Kier alpha value is -2.36. The van der Waals surface area contributed by atoms with Crippen LogP contribution in [0.5, 0.6) is 5.75 Å². The second-order valence-electron chi connectivity index (χ2n) is 5.01. The van der Waals surface area contributed by atoms with Crippen LogP contribution in [-0.2, 0) is 16.8 Å². The van der Waals surface area contributed by atoms with Gasteiger partial charge in [0.25, 0.3) is 0 Å². The molecule has 1 fully saturated rings. The number of aliphatic carboxylic acids is 1. The van der Waals surface area contributed by atoms with Gasteiger partial charge in [0.15, 0.2) is 0 Å². The van der Waals surface area contributed by atoms with Crippen molar-refractivity contribution < 1.29 is 14.6 Å². The molecule has 0 amide bonds. The van der Waals surface area contributed by atoms with E-state index in [1.54, 1.807) is 18.3 Å². The van der Waals surface area contributed by atoms with E-state index in [4.69, 9.17) is 4.74 Å². The molecule has 1 aromatic carbocycles. The molecule has 4 nitrogen and oxygen atoms in total. The first kappa shape index (κ1) is 12.7. The highest BCUT2D eigenvalue weighted by molar-refractivity contribution is 5.85. The molecule has 0 atom stereocenters. The van der Waals surface area contributed by atoms with Crippen molar-refractivity contribution in [2.75, 3.05) is 0 Å². The Morgan fingerprint density at radius 1 is 1.20 bits per heavy atom. The van der Waals surface area contributed by atoms with Crippen LogP contribution in [0.2, 0.25) is 0 Å². The molecule has 0 radical (unpaired) electrons. The highest BCUT2D eigenvalue weighted by Gasteiger charge is 2.54. The van der Waals surface area contributed by atoms with Crippen molar-refractivity contribution in [1.29, 1.82) is 0 Å². The number of nitrogens with zero attached hydrogens (tertiary/aromatic N) is 1. The van der Waals surface area contributed by atoms with Crippen LogP contribution in [0.4, 0.5) is 0 Å². The van der Waals surface area contributed by atoms with E-state index in [1.807, 2.05) is 30.3 Å². The molecule has 2 aromatic rings. The summed E-state index contributed by atoms with van der Waals surface area (Å²) in [7, 11) is 0.